The first-order valence-electron chi connectivity index (χ1n) is 14.9. The van der Waals surface area contributed by atoms with E-state index >= 15 is 0 Å². The normalized spacial score (nSPS) is 19.0. The second kappa shape index (κ2) is 17.6. The van der Waals surface area contributed by atoms with Gasteiger partial charge < -0.3 is 37.1 Å². The number of likely N-dealkylation sites (tertiary alicyclic amines) is 1. The lowest BCUT2D eigenvalue weighted by Crippen LogP contribution is -2.65. The van der Waals surface area contributed by atoms with E-state index in [1.807, 2.05) is 70.2 Å². The number of rotatable bonds is 18. The van der Waals surface area contributed by atoms with Crippen molar-refractivity contribution in [2.24, 2.45) is 23.3 Å². The van der Waals surface area contributed by atoms with Crippen LogP contribution in [0, 0.1) is 11.8 Å². The number of β-lactam (4-membered cyclic amide) rings is 1. The van der Waals surface area contributed by atoms with Gasteiger partial charge in [0.1, 0.15) is 12.1 Å². The summed E-state index contributed by atoms with van der Waals surface area (Å²) in [4.78, 5) is 53.4. The van der Waals surface area contributed by atoms with Gasteiger partial charge in [0.05, 0.1) is 12.1 Å². The lowest BCUT2D eigenvalue weighted by atomic mass is 9.96. The van der Waals surface area contributed by atoms with E-state index < -0.39 is 36.0 Å². The van der Waals surface area contributed by atoms with E-state index in [9.17, 15) is 19.2 Å². The van der Waals surface area contributed by atoms with Gasteiger partial charge in [0.25, 0.3) is 5.91 Å². The lowest BCUT2D eigenvalue weighted by Gasteiger charge is -2.44. The first-order chi connectivity index (χ1) is 20.0. The number of carbonyl (C=O) groups excluding carboxylic acids is 4. The molecule has 0 aliphatic carbocycles. The monoisotopic (exact) mass is 586 g/mol. The summed E-state index contributed by atoms with van der Waals surface area (Å²) in [5, 5.41) is 8.47. The largest absolute Gasteiger partial charge is 0.369 e. The molecule has 2 rings (SSSR count). The molecule has 1 fully saturated rings. The number of nitrogens with one attached hydrogen (secondary N) is 3. The number of hydrogen-bond donors (Lipinski definition) is 5. The van der Waals surface area contributed by atoms with Crippen molar-refractivity contribution in [1.29, 1.82) is 0 Å². The van der Waals surface area contributed by atoms with Crippen molar-refractivity contribution in [2.45, 2.75) is 83.6 Å². The molecule has 0 spiro atoms. The van der Waals surface area contributed by atoms with Crippen LogP contribution >= 0.6 is 0 Å². The SMILES string of the molecule is COC1C(=O)N(CCNC(=O)[C@H](CCCCN)NC(=O)[C@H](CC(C)C)NC(=O)[C@H](N)C(C)C)C1/C=C/c1ccccc1. The van der Waals surface area contributed by atoms with Crippen molar-refractivity contribution in [1.82, 2.24) is 20.9 Å². The van der Waals surface area contributed by atoms with Gasteiger partial charge in [-0.1, -0.05) is 70.2 Å². The number of benzene rings is 1. The number of carbonyl (C=O) groups is 4. The zero-order chi connectivity index (χ0) is 31.2. The molecule has 4 amide bonds. The fraction of sp³-hybridized carbons (Fsp3) is 0.613. The van der Waals surface area contributed by atoms with Crippen molar-refractivity contribution >= 4 is 29.7 Å². The highest BCUT2D eigenvalue weighted by atomic mass is 16.5. The molecule has 5 atom stereocenters. The Labute approximate surface area is 250 Å². The smallest absolute Gasteiger partial charge is 0.254 e. The summed E-state index contributed by atoms with van der Waals surface area (Å²) in [6, 6.07) is 7.12. The molecule has 0 saturated carbocycles. The Morgan fingerprint density at radius 3 is 2.26 bits per heavy atom. The first-order valence-corrected chi connectivity index (χ1v) is 14.9. The first kappa shape index (κ1) is 34.9. The summed E-state index contributed by atoms with van der Waals surface area (Å²) in [6.07, 6.45) is 5.43. The second-order valence-corrected chi connectivity index (χ2v) is 11.5. The zero-order valence-corrected chi connectivity index (χ0v) is 25.7. The van der Waals surface area contributed by atoms with Crippen molar-refractivity contribution in [3.05, 3.63) is 42.0 Å². The maximum absolute atomic E-state index is 13.3. The van der Waals surface area contributed by atoms with Crippen LogP contribution in [0.15, 0.2) is 36.4 Å². The van der Waals surface area contributed by atoms with Gasteiger partial charge in [0.15, 0.2) is 6.10 Å². The van der Waals surface area contributed by atoms with Crippen LogP contribution in [-0.4, -0.2) is 85.5 Å². The molecular formula is C31H50N6O5. The van der Waals surface area contributed by atoms with Crippen LogP contribution in [0.2, 0.25) is 0 Å². The molecule has 1 aliphatic rings. The van der Waals surface area contributed by atoms with Gasteiger partial charge in [0, 0.05) is 20.2 Å². The Bertz CT molecular complexity index is 1050. The van der Waals surface area contributed by atoms with Crippen LogP contribution in [0.1, 0.15) is 58.9 Å². The third-order valence-electron chi connectivity index (χ3n) is 7.33. The molecule has 1 heterocycles. The Morgan fingerprint density at radius 2 is 1.67 bits per heavy atom. The number of hydrogen-bond acceptors (Lipinski definition) is 7. The van der Waals surface area contributed by atoms with Crippen LogP contribution in [0.25, 0.3) is 6.08 Å². The average Bonchev–Trinajstić information content (AvgIpc) is 2.96. The highest BCUT2D eigenvalue weighted by Crippen LogP contribution is 2.24. The highest BCUT2D eigenvalue weighted by Gasteiger charge is 2.45. The van der Waals surface area contributed by atoms with E-state index in [0.29, 0.717) is 32.2 Å². The minimum atomic E-state index is -0.825. The van der Waals surface area contributed by atoms with Gasteiger partial charge in [-0.3, -0.25) is 19.2 Å². The molecule has 7 N–H and O–H groups in total. The molecule has 0 aromatic heterocycles. The van der Waals surface area contributed by atoms with Crippen molar-refractivity contribution in [3.8, 4) is 0 Å². The van der Waals surface area contributed by atoms with E-state index in [4.69, 9.17) is 16.2 Å². The van der Waals surface area contributed by atoms with Crippen LogP contribution in [-0.2, 0) is 23.9 Å². The molecule has 1 aromatic carbocycles. The van der Waals surface area contributed by atoms with Gasteiger partial charge in [-0.25, -0.2) is 0 Å². The van der Waals surface area contributed by atoms with E-state index in [2.05, 4.69) is 16.0 Å². The van der Waals surface area contributed by atoms with Crippen molar-refractivity contribution in [2.75, 3.05) is 26.7 Å². The predicted octanol–water partition coefficient (Wildman–Crippen LogP) is 1.17. The number of methoxy groups -OCH3 is 1. The molecule has 0 bridgehead atoms. The third-order valence-corrected chi connectivity index (χ3v) is 7.33. The predicted molar refractivity (Wildman–Crippen MR) is 164 cm³/mol. The number of nitrogens with zero attached hydrogens (tertiary/aromatic N) is 1. The Kier molecular flexibility index (Phi) is 14.7. The summed E-state index contributed by atoms with van der Waals surface area (Å²) < 4.78 is 5.37. The number of unbranched alkanes of at least 4 members (excludes halogenated alkanes) is 1. The number of amides is 4. The Balaban J connectivity index is 2.03. The average molecular weight is 587 g/mol. The van der Waals surface area contributed by atoms with Gasteiger partial charge in [-0.15, -0.1) is 0 Å². The molecule has 11 nitrogen and oxygen atoms in total. The maximum Gasteiger partial charge on any atom is 0.254 e. The Morgan fingerprint density at radius 1 is 1.00 bits per heavy atom. The van der Waals surface area contributed by atoms with E-state index in [0.717, 1.165) is 5.56 Å². The summed E-state index contributed by atoms with van der Waals surface area (Å²) >= 11 is 0. The van der Waals surface area contributed by atoms with Gasteiger partial charge >= 0.3 is 0 Å². The Hall–Kier alpha value is -3.28. The van der Waals surface area contributed by atoms with Gasteiger partial charge in [0.2, 0.25) is 17.7 Å². The summed E-state index contributed by atoms with van der Waals surface area (Å²) in [5.74, 6) is -1.31. The molecule has 1 aromatic rings. The number of nitrogens with two attached hydrogens (primary N) is 2. The molecule has 42 heavy (non-hydrogen) atoms. The fourth-order valence-corrected chi connectivity index (χ4v) is 4.75. The summed E-state index contributed by atoms with van der Waals surface area (Å²) in [6.45, 7) is 8.54. The van der Waals surface area contributed by atoms with Crippen LogP contribution in [0.4, 0.5) is 0 Å². The lowest BCUT2D eigenvalue weighted by molar-refractivity contribution is -0.165. The topological polar surface area (TPSA) is 169 Å². The molecule has 1 saturated heterocycles. The van der Waals surface area contributed by atoms with Crippen LogP contribution < -0.4 is 27.4 Å². The minimum absolute atomic E-state index is 0.0894. The third kappa shape index (κ3) is 10.5. The van der Waals surface area contributed by atoms with E-state index in [-0.39, 0.29) is 42.8 Å². The molecule has 11 heteroatoms. The maximum atomic E-state index is 13.3. The van der Waals surface area contributed by atoms with Crippen LogP contribution in [0.5, 0.6) is 0 Å². The highest BCUT2D eigenvalue weighted by molar-refractivity contribution is 5.93. The minimum Gasteiger partial charge on any atom is -0.369 e. The molecule has 1 aliphatic heterocycles. The molecule has 0 radical (unpaired) electrons. The molecular weight excluding hydrogens is 536 g/mol. The zero-order valence-electron chi connectivity index (χ0n) is 25.7. The van der Waals surface area contributed by atoms with E-state index in [1.165, 1.54) is 7.11 Å². The molecule has 234 valence electrons. The van der Waals surface area contributed by atoms with Gasteiger partial charge in [-0.05, 0) is 49.6 Å². The van der Waals surface area contributed by atoms with Crippen molar-refractivity contribution in [3.63, 3.8) is 0 Å². The fourth-order valence-electron chi connectivity index (χ4n) is 4.75. The number of ether oxygens (including phenoxy) is 1. The summed E-state index contributed by atoms with van der Waals surface area (Å²) in [7, 11) is 1.51. The quantitative estimate of drug-likeness (QED) is 0.127. The summed E-state index contributed by atoms with van der Waals surface area (Å²) in [5.41, 5.74) is 12.6. The van der Waals surface area contributed by atoms with Crippen molar-refractivity contribution < 1.29 is 23.9 Å². The van der Waals surface area contributed by atoms with Crippen LogP contribution in [0.3, 0.4) is 0 Å². The van der Waals surface area contributed by atoms with Gasteiger partial charge in [-0.2, -0.15) is 0 Å². The second-order valence-electron chi connectivity index (χ2n) is 11.5. The standard InChI is InChI=1S/C31H50N6O5/c1-20(2)19-24(36-30(40)26(33)21(3)4)29(39)35-23(13-9-10-16-32)28(38)34-17-18-37-25(27(42-5)31(37)41)15-14-22-11-7-6-8-12-22/h6-8,11-12,14-15,20-21,23-27H,9-10,13,16-19,32-33H2,1-5H3,(H,34,38)(H,35,39)(H,36,40)/b15-14+/t23-,24-,25?,26+,27?/m0/s1. The van der Waals surface area contributed by atoms with E-state index in [1.54, 1.807) is 4.90 Å². The molecule has 2 unspecified atom stereocenters.